The van der Waals surface area contributed by atoms with E-state index in [0.717, 1.165) is 35.2 Å². The van der Waals surface area contributed by atoms with Crippen LogP contribution in [0.2, 0.25) is 5.02 Å². The average molecular weight is 360 g/mol. The van der Waals surface area contributed by atoms with Gasteiger partial charge in [0.25, 0.3) is 0 Å². The number of nitrogens with one attached hydrogen (secondary N) is 2. The van der Waals surface area contributed by atoms with Gasteiger partial charge in [-0.25, -0.2) is 0 Å². The molecule has 1 aliphatic heterocycles. The van der Waals surface area contributed by atoms with Crippen LogP contribution in [0.1, 0.15) is 31.2 Å². The summed E-state index contributed by atoms with van der Waals surface area (Å²) in [6.07, 6.45) is 3.88. The first kappa shape index (κ1) is 15.8. The Hall–Kier alpha value is -0.580. The van der Waals surface area contributed by atoms with E-state index in [0.29, 0.717) is 17.4 Å². The molecule has 0 spiro atoms. The topological polar surface area (TPSA) is 41.1 Å². The third-order valence-corrected chi connectivity index (χ3v) is 4.82. The lowest BCUT2D eigenvalue weighted by molar-refractivity contribution is -0.116. The van der Waals surface area contributed by atoms with E-state index in [4.69, 9.17) is 11.6 Å². The van der Waals surface area contributed by atoms with E-state index in [-0.39, 0.29) is 5.91 Å². The Balaban J connectivity index is 1.86. The van der Waals surface area contributed by atoms with Crippen LogP contribution >= 0.6 is 27.5 Å². The van der Waals surface area contributed by atoms with Crippen molar-refractivity contribution in [2.45, 2.75) is 32.6 Å². The monoisotopic (exact) mass is 358 g/mol. The first-order valence-corrected chi connectivity index (χ1v) is 8.19. The van der Waals surface area contributed by atoms with Gasteiger partial charge in [0.2, 0.25) is 5.91 Å². The predicted octanol–water partition coefficient (Wildman–Crippen LogP) is 4.13. The van der Waals surface area contributed by atoms with Gasteiger partial charge in [-0.3, -0.25) is 4.79 Å². The Morgan fingerprint density at radius 2 is 2.15 bits per heavy atom. The molecule has 3 nitrogen and oxygen atoms in total. The van der Waals surface area contributed by atoms with E-state index in [9.17, 15) is 4.79 Å². The summed E-state index contributed by atoms with van der Waals surface area (Å²) < 4.78 is 0.870. The molecule has 20 heavy (non-hydrogen) atoms. The van der Waals surface area contributed by atoms with E-state index in [1.807, 2.05) is 13.0 Å². The van der Waals surface area contributed by atoms with Gasteiger partial charge in [-0.2, -0.15) is 0 Å². The van der Waals surface area contributed by atoms with Crippen molar-refractivity contribution in [2.75, 3.05) is 18.4 Å². The van der Waals surface area contributed by atoms with Crippen molar-refractivity contribution in [3.05, 3.63) is 27.2 Å². The SMILES string of the molecule is Cc1cc(Br)c(NC(=O)CCC2CCNCC2)cc1Cl. The smallest absolute Gasteiger partial charge is 0.224 e. The Morgan fingerprint density at radius 1 is 1.45 bits per heavy atom. The Morgan fingerprint density at radius 3 is 2.85 bits per heavy atom. The van der Waals surface area contributed by atoms with Crippen molar-refractivity contribution in [1.29, 1.82) is 0 Å². The summed E-state index contributed by atoms with van der Waals surface area (Å²) in [7, 11) is 0. The van der Waals surface area contributed by atoms with Gasteiger partial charge >= 0.3 is 0 Å². The van der Waals surface area contributed by atoms with Crippen LogP contribution in [0.4, 0.5) is 5.69 Å². The molecule has 0 saturated carbocycles. The predicted molar refractivity (Wildman–Crippen MR) is 87.3 cm³/mol. The number of carbonyl (C=O) groups is 1. The van der Waals surface area contributed by atoms with Crippen molar-refractivity contribution < 1.29 is 4.79 Å². The minimum absolute atomic E-state index is 0.0594. The van der Waals surface area contributed by atoms with Crippen molar-refractivity contribution >= 4 is 39.1 Å². The second-order valence-corrected chi connectivity index (χ2v) is 6.62. The number of hydrogen-bond acceptors (Lipinski definition) is 2. The Kier molecular flexibility index (Phi) is 5.87. The molecule has 0 atom stereocenters. The largest absolute Gasteiger partial charge is 0.325 e. The van der Waals surface area contributed by atoms with Crippen LogP contribution in [-0.2, 0) is 4.79 Å². The van der Waals surface area contributed by atoms with Crippen molar-refractivity contribution in [3.63, 3.8) is 0 Å². The lowest BCUT2D eigenvalue weighted by Crippen LogP contribution is -2.28. The molecule has 1 saturated heterocycles. The summed E-state index contributed by atoms with van der Waals surface area (Å²) in [6, 6.07) is 3.72. The van der Waals surface area contributed by atoms with Crippen LogP contribution in [0, 0.1) is 12.8 Å². The summed E-state index contributed by atoms with van der Waals surface area (Å²) in [6.45, 7) is 4.09. The molecule has 1 amide bonds. The zero-order valence-electron chi connectivity index (χ0n) is 11.6. The number of hydrogen-bond donors (Lipinski definition) is 2. The Bertz CT molecular complexity index is 487. The highest BCUT2D eigenvalue weighted by atomic mass is 79.9. The molecule has 1 aromatic carbocycles. The second-order valence-electron chi connectivity index (χ2n) is 5.36. The summed E-state index contributed by atoms with van der Waals surface area (Å²) in [4.78, 5) is 12.0. The van der Waals surface area contributed by atoms with Crippen molar-refractivity contribution in [3.8, 4) is 0 Å². The maximum absolute atomic E-state index is 12.0. The third kappa shape index (κ3) is 4.47. The number of halogens is 2. The number of piperidine rings is 1. The molecule has 0 unspecified atom stereocenters. The van der Waals surface area contributed by atoms with E-state index in [2.05, 4.69) is 26.6 Å². The number of benzene rings is 1. The highest BCUT2D eigenvalue weighted by molar-refractivity contribution is 9.10. The van der Waals surface area contributed by atoms with Gasteiger partial charge in [0.05, 0.1) is 5.69 Å². The van der Waals surface area contributed by atoms with Gasteiger partial charge in [0.1, 0.15) is 0 Å². The van der Waals surface area contributed by atoms with Crippen LogP contribution in [-0.4, -0.2) is 19.0 Å². The van der Waals surface area contributed by atoms with Crippen LogP contribution < -0.4 is 10.6 Å². The van der Waals surface area contributed by atoms with E-state index in [1.165, 1.54) is 12.8 Å². The minimum Gasteiger partial charge on any atom is -0.325 e. The average Bonchev–Trinajstić information content (AvgIpc) is 2.44. The second kappa shape index (κ2) is 7.43. The lowest BCUT2D eigenvalue weighted by atomic mass is 9.93. The van der Waals surface area contributed by atoms with Crippen molar-refractivity contribution in [1.82, 2.24) is 5.32 Å². The zero-order chi connectivity index (χ0) is 14.5. The first-order valence-electron chi connectivity index (χ1n) is 7.02. The molecule has 1 aromatic rings. The maximum Gasteiger partial charge on any atom is 0.224 e. The van der Waals surface area contributed by atoms with Crippen molar-refractivity contribution in [2.24, 2.45) is 5.92 Å². The van der Waals surface area contributed by atoms with E-state index >= 15 is 0 Å². The molecule has 5 heteroatoms. The van der Waals surface area contributed by atoms with Gasteiger partial charge in [-0.1, -0.05) is 11.6 Å². The third-order valence-electron chi connectivity index (χ3n) is 3.76. The van der Waals surface area contributed by atoms with Gasteiger partial charge in [-0.15, -0.1) is 0 Å². The highest BCUT2D eigenvalue weighted by Gasteiger charge is 2.15. The normalized spacial score (nSPS) is 16.1. The fourth-order valence-electron chi connectivity index (χ4n) is 2.46. The van der Waals surface area contributed by atoms with Crippen LogP contribution in [0.15, 0.2) is 16.6 Å². The summed E-state index contributed by atoms with van der Waals surface area (Å²) in [5, 5.41) is 6.94. The lowest BCUT2D eigenvalue weighted by Gasteiger charge is -2.22. The summed E-state index contributed by atoms with van der Waals surface area (Å²) in [5.41, 5.74) is 1.74. The van der Waals surface area contributed by atoms with Gasteiger partial charge in [0, 0.05) is 15.9 Å². The van der Waals surface area contributed by atoms with E-state index < -0.39 is 0 Å². The molecular formula is C15H20BrClN2O. The molecule has 1 heterocycles. The Labute approximate surface area is 133 Å². The summed E-state index contributed by atoms with van der Waals surface area (Å²) in [5.74, 6) is 0.733. The fourth-order valence-corrected chi connectivity index (χ4v) is 3.18. The number of amides is 1. The molecule has 0 radical (unpaired) electrons. The summed E-state index contributed by atoms with van der Waals surface area (Å²) >= 11 is 9.54. The molecule has 0 bridgehead atoms. The highest BCUT2D eigenvalue weighted by Crippen LogP contribution is 2.29. The number of anilines is 1. The van der Waals surface area contributed by atoms with E-state index in [1.54, 1.807) is 6.07 Å². The minimum atomic E-state index is 0.0594. The van der Waals surface area contributed by atoms with Gasteiger partial charge in [-0.05, 0) is 78.8 Å². The quantitative estimate of drug-likeness (QED) is 0.848. The molecular weight excluding hydrogens is 340 g/mol. The molecule has 2 rings (SSSR count). The number of rotatable bonds is 4. The molecule has 110 valence electrons. The zero-order valence-corrected chi connectivity index (χ0v) is 14.0. The maximum atomic E-state index is 12.0. The number of carbonyl (C=O) groups excluding carboxylic acids is 1. The van der Waals surface area contributed by atoms with Gasteiger partial charge < -0.3 is 10.6 Å². The molecule has 1 fully saturated rings. The standard InChI is InChI=1S/C15H20BrClN2O/c1-10-8-12(16)14(9-13(10)17)19-15(20)3-2-11-4-6-18-7-5-11/h8-9,11,18H,2-7H2,1H3,(H,19,20). The number of aryl methyl sites for hydroxylation is 1. The van der Waals surface area contributed by atoms with Crippen LogP contribution in [0.3, 0.4) is 0 Å². The fraction of sp³-hybridized carbons (Fsp3) is 0.533. The first-order chi connectivity index (χ1) is 9.56. The van der Waals surface area contributed by atoms with Crippen LogP contribution in [0.5, 0.6) is 0 Å². The molecule has 1 aliphatic rings. The molecule has 0 aromatic heterocycles. The van der Waals surface area contributed by atoms with Gasteiger partial charge in [0.15, 0.2) is 0 Å². The molecule has 2 N–H and O–H groups in total. The molecule has 0 aliphatic carbocycles. The van der Waals surface area contributed by atoms with Crippen LogP contribution in [0.25, 0.3) is 0 Å².